The number of aliphatic imine (C=N–C) groups is 1. The highest BCUT2D eigenvalue weighted by molar-refractivity contribution is 14.0. The summed E-state index contributed by atoms with van der Waals surface area (Å²) < 4.78 is 23.5. The first kappa shape index (κ1) is 23.9. The van der Waals surface area contributed by atoms with Crippen molar-refractivity contribution in [3.05, 3.63) is 0 Å². The van der Waals surface area contributed by atoms with Crippen molar-refractivity contribution in [2.75, 3.05) is 19.3 Å². The molecular weight excluding hydrogens is 437 g/mol. The fourth-order valence-corrected chi connectivity index (χ4v) is 3.98. The Hall–Kier alpha value is -0.0500. The molecule has 1 rings (SSSR count). The molecule has 24 heavy (non-hydrogen) atoms. The standard InChI is InChI=1S/C17H35N3O2S.HI/c1-6-7-14-8-10-15(11-9-14)20-16(18-5)19-12-13-23(21,22)17(2,3)4;/h14-15H,6-13H2,1-5H3,(H2,18,19,20);1H. The minimum atomic E-state index is -3.09. The largest absolute Gasteiger partial charge is 0.355 e. The van der Waals surface area contributed by atoms with Crippen molar-refractivity contribution in [3.63, 3.8) is 0 Å². The van der Waals surface area contributed by atoms with Gasteiger partial charge in [0.2, 0.25) is 0 Å². The van der Waals surface area contributed by atoms with Gasteiger partial charge in [-0.3, -0.25) is 4.99 Å². The quantitative estimate of drug-likeness (QED) is 0.353. The molecule has 0 saturated heterocycles. The van der Waals surface area contributed by atoms with E-state index < -0.39 is 14.6 Å². The van der Waals surface area contributed by atoms with Crippen LogP contribution in [0, 0.1) is 5.92 Å². The zero-order valence-corrected chi connectivity index (χ0v) is 19.0. The number of nitrogens with one attached hydrogen (secondary N) is 2. The lowest BCUT2D eigenvalue weighted by molar-refractivity contribution is 0.295. The summed E-state index contributed by atoms with van der Waals surface area (Å²) in [5, 5.41) is 6.58. The van der Waals surface area contributed by atoms with Gasteiger partial charge in [0.05, 0.1) is 10.5 Å². The molecule has 1 aliphatic carbocycles. The molecule has 0 amide bonds. The fraction of sp³-hybridized carbons (Fsp3) is 0.941. The van der Waals surface area contributed by atoms with Crippen LogP contribution in [0.25, 0.3) is 0 Å². The van der Waals surface area contributed by atoms with Crippen LogP contribution in [-0.4, -0.2) is 44.5 Å². The minimum absolute atomic E-state index is 0. The second-order valence-electron chi connectivity index (χ2n) is 7.58. The van der Waals surface area contributed by atoms with E-state index in [4.69, 9.17) is 0 Å². The Labute approximate surface area is 165 Å². The molecule has 144 valence electrons. The van der Waals surface area contributed by atoms with Gasteiger partial charge in [0.15, 0.2) is 15.8 Å². The predicted octanol–water partition coefficient (Wildman–Crippen LogP) is 3.34. The number of hydrogen-bond donors (Lipinski definition) is 2. The van der Waals surface area contributed by atoms with Gasteiger partial charge in [-0.1, -0.05) is 19.8 Å². The van der Waals surface area contributed by atoms with Crippen LogP contribution in [-0.2, 0) is 9.84 Å². The molecule has 0 radical (unpaired) electrons. The van der Waals surface area contributed by atoms with E-state index in [0.717, 1.165) is 5.92 Å². The Kier molecular flexibility index (Phi) is 10.8. The molecular formula is C17H36IN3O2S. The lowest BCUT2D eigenvalue weighted by atomic mass is 9.83. The molecule has 0 aliphatic heterocycles. The Morgan fingerprint density at radius 1 is 1.17 bits per heavy atom. The summed E-state index contributed by atoms with van der Waals surface area (Å²) in [6.45, 7) is 7.87. The lowest BCUT2D eigenvalue weighted by Crippen LogP contribution is -2.46. The maximum absolute atomic E-state index is 12.1. The van der Waals surface area contributed by atoms with Gasteiger partial charge in [-0.2, -0.15) is 0 Å². The third-order valence-electron chi connectivity index (χ3n) is 4.70. The van der Waals surface area contributed by atoms with Crippen molar-refractivity contribution in [2.24, 2.45) is 10.9 Å². The van der Waals surface area contributed by atoms with Gasteiger partial charge >= 0.3 is 0 Å². The van der Waals surface area contributed by atoms with Gasteiger partial charge < -0.3 is 10.6 Å². The summed E-state index contributed by atoms with van der Waals surface area (Å²) >= 11 is 0. The molecule has 1 aliphatic rings. The maximum Gasteiger partial charge on any atom is 0.191 e. The van der Waals surface area contributed by atoms with Crippen LogP contribution in [0.2, 0.25) is 0 Å². The Morgan fingerprint density at radius 3 is 2.21 bits per heavy atom. The highest BCUT2D eigenvalue weighted by atomic mass is 127. The molecule has 0 bridgehead atoms. The molecule has 0 aromatic carbocycles. The first-order valence-electron chi connectivity index (χ1n) is 8.89. The zero-order chi connectivity index (χ0) is 17.5. The van der Waals surface area contributed by atoms with Gasteiger partial charge in [-0.05, 0) is 52.4 Å². The van der Waals surface area contributed by atoms with Gasteiger partial charge in [0.1, 0.15) is 0 Å². The Morgan fingerprint density at radius 2 is 1.75 bits per heavy atom. The zero-order valence-electron chi connectivity index (χ0n) is 15.9. The summed E-state index contributed by atoms with van der Waals surface area (Å²) in [6.07, 6.45) is 7.51. The van der Waals surface area contributed by atoms with Crippen molar-refractivity contribution in [1.82, 2.24) is 10.6 Å². The van der Waals surface area contributed by atoms with E-state index in [1.807, 2.05) is 0 Å². The van der Waals surface area contributed by atoms with E-state index >= 15 is 0 Å². The van der Waals surface area contributed by atoms with Crippen molar-refractivity contribution >= 4 is 39.8 Å². The number of nitrogens with zero attached hydrogens (tertiary/aromatic N) is 1. The fourth-order valence-electron chi connectivity index (χ4n) is 3.00. The predicted molar refractivity (Wildman–Crippen MR) is 114 cm³/mol. The smallest absolute Gasteiger partial charge is 0.191 e. The molecule has 7 heteroatoms. The molecule has 0 aromatic heterocycles. The highest BCUT2D eigenvalue weighted by Crippen LogP contribution is 2.27. The van der Waals surface area contributed by atoms with E-state index in [2.05, 4.69) is 22.5 Å². The van der Waals surface area contributed by atoms with Crippen LogP contribution in [0.4, 0.5) is 0 Å². The molecule has 0 heterocycles. The molecule has 0 spiro atoms. The number of halogens is 1. The summed E-state index contributed by atoms with van der Waals surface area (Å²) in [6, 6.07) is 0.452. The molecule has 5 nitrogen and oxygen atoms in total. The average molecular weight is 473 g/mol. The molecule has 2 N–H and O–H groups in total. The first-order chi connectivity index (χ1) is 10.7. The van der Waals surface area contributed by atoms with E-state index in [1.54, 1.807) is 27.8 Å². The Bertz CT molecular complexity index is 479. The van der Waals surface area contributed by atoms with E-state index in [1.165, 1.54) is 38.5 Å². The average Bonchev–Trinajstić information content (AvgIpc) is 2.47. The van der Waals surface area contributed by atoms with Crippen LogP contribution in [0.5, 0.6) is 0 Å². The van der Waals surface area contributed by atoms with Crippen LogP contribution >= 0.6 is 24.0 Å². The summed E-state index contributed by atoms with van der Waals surface area (Å²) in [7, 11) is -1.36. The van der Waals surface area contributed by atoms with Gasteiger partial charge in [0.25, 0.3) is 0 Å². The van der Waals surface area contributed by atoms with Crippen molar-refractivity contribution in [1.29, 1.82) is 0 Å². The minimum Gasteiger partial charge on any atom is -0.355 e. The van der Waals surface area contributed by atoms with Gasteiger partial charge in [0, 0.05) is 19.6 Å². The number of sulfone groups is 1. The lowest BCUT2D eigenvalue weighted by Gasteiger charge is -2.30. The molecule has 1 saturated carbocycles. The normalized spacial score (nSPS) is 22.6. The third kappa shape index (κ3) is 7.89. The van der Waals surface area contributed by atoms with Crippen LogP contribution < -0.4 is 10.6 Å². The molecule has 0 unspecified atom stereocenters. The van der Waals surface area contributed by atoms with E-state index in [-0.39, 0.29) is 29.7 Å². The molecule has 0 atom stereocenters. The summed E-state index contributed by atoms with van der Waals surface area (Å²) in [5.74, 6) is 1.72. The van der Waals surface area contributed by atoms with E-state index in [0.29, 0.717) is 18.5 Å². The van der Waals surface area contributed by atoms with Crippen LogP contribution in [0.15, 0.2) is 4.99 Å². The second-order valence-corrected chi connectivity index (χ2v) is 10.4. The third-order valence-corrected chi connectivity index (χ3v) is 7.31. The van der Waals surface area contributed by atoms with Crippen molar-refractivity contribution in [3.8, 4) is 0 Å². The Balaban J connectivity index is 0.00000529. The highest BCUT2D eigenvalue weighted by Gasteiger charge is 2.28. The topological polar surface area (TPSA) is 70.6 Å². The van der Waals surface area contributed by atoms with Crippen molar-refractivity contribution < 1.29 is 8.42 Å². The van der Waals surface area contributed by atoms with Crippen LogP contribution in [0.1, 0.15) is 66.2 Å². The second kappa shape index (κ2) is 10.8. The molecule has 1 fully saturated rings. The maximum atomic E-state index is 12.1. The van der Waals surface area contributed by atoms with Gasteiger partial charge in [-0.25, -0.2) is 8.42 Å². The van der Waals surface area contributed by atoms with Crippen LogP contribution in [0.3, 0.4) is 0 Å². The number of rotatable bonds is 6. The van der Waals surface area contributed by atoms with E-state index in [9.17, 15) is 8.42 Å². The monoisotopic (exact) mass is 473 g/mol. The summed E-state index contributed by atoms with van der Waals surface area (Å²) in [5.41, 5.74) is 0. The SMILES string of the molecule is CCCC1CCC(NC(=NC)NCCS(=O)(=O)C(C)(C)C)CC1.I. The number of hydrogen-bond acceptors (Lipinski definition) is 3. The summed E-state index contributed by atoms with van der Waals surface area (Å²) in [4.78, 5) is 4.22. The van der Waals surface area contributed by atoms with Gasteiger partial charge in [-0.15, -0.1) is 24.0 Å². The first-order valence-corrected chi connectivity index (χ1v) is 10.5. The molecule has 0 aromatic rings. The number of guanidine groups is 1. The van der Waals surface area contributed by atoms with Crippen molar-refractivity contribution in [2.45, 2.75) is 77.0 Å².